The second-order valence-electron chi connectivity index (χ2n) is 6.79. The van der Waals surface area contributed by atoms with E-state index in [0.717, 1.165) is 11.6 Å². The summed E-state index contributed by atoms with van der Waals surface area (Å²) >= 11 is 0. The third-order valence-electron chi connectivity index (χ3n) is 4.68. The number of hydrogen-bond acceptors (Lipinski definition) is 5. The van der Waals surface area contributed by atoms with E-state index in [1.807, 2.05) is 0 Å². The maximum atomic E-state index is 14.6. The molecule has 1 unspecified atom stereocenters. The Kier molecular flexibility index (Phi) is 5.98. The van der Waals surface area contributed by atoms with Gasteiger partial charge >= 0.3 is 5.97 Å². The number of halogens is 1. The van der Waals surface area contributed by atoms with Gasteiger partial charge in [-0.1, -0.05) is 24.3 Å². The van der Waals surface area contributed by atoms with Gasteiger partial charge in [0, 0.05) is 30.1 Å². The molecule has 0 aliphatic carbocycles. The number of rotatable bonds is 7. The monoisotopic (exact) mass is 406 g/mol. The molecule has 1 aromatic heterocycles. The highest BCUT2D eigenvalue weighted by atomic mass is 19.1. The van der Waals surface area contributed by atoms with Crippen molar-refractivity contribution in [3.05, 3.63) is 89.0 Å². The standard InChI is InChI=1S/C23H19FN2O4/c1-15-5-3-4-6-19(15)23(2,22(27)28)30-21-12-17(11-20(24)18(21)13-25)29-14-16-7-9-26-10-8-16/h3-12H,14H2,1-2H3,(H,27,28). The molecule has 0 radical (unpaired) electrons. The zero-order chi connectivity index (χ0) is 21.7. The molecule has 1 N–H and O–H groups in total. The summed E-state index contributed by atoms with van der Waals surface area (Å²) in [6.45, 7) is 3.25. The fraction of sp³-hybridized carbons (Fsp3) is 0.174. The van der Waals surface area contributed by atoms with Crippen LogP contribution in [-0.4, -0.2) is 16.1 Å². The molecule has 0 aliphatic rings. The Balaban J connectivity index is 1.99. The van der Waals surface area contributed by atoms with Crippen LogP contribution in [0.15, 0.2) is 60.9 Å². The minimum absolute atomic E-state index is 0.107. The number of carboxylic acid groups (broad SMARTS) is 1. The summed E-state index contributed by atoms with van der Waals surface area (Å²) in [5.74, 6) is -2.24. The van der Waals surface area contributed by atoms with Gasteiger partial charge in [-0.2, -0.15) is 5.26 Å². The summed E-state index contributed by atoms with van der Waals surface area (Å²) in [6.07, 6.45) is 3.21. The van der Waals surface area contributed by atoms with Crippen LogP contribution in [0.4, 0.5) is 4.39 Å². The fourth-order valence-electron chi connectivity index (χ4n) is 3.02. The summed E-state index contributed by atoms with van der Waals surface area (Å²) in [6, 6.07) is 14.5. The minimum atomic E-state index is -1.84. The first-order valence-electron chi connectivity index (χ1n) is 9.09. The van der Waals surface area contributed by atoms with Gasteiger partial charge in [0.05, 0.1) is 0 Å². The molecule has 2 aromatic carbocycles. The number of carbonyl (C=O) groups is 1. The van der Waals surface area contributed by atoms with Gasteiger partial charge in [0.25, 0.3) is 0 Å². The molecule has 0 amide bonds. The van der Waals surface area contributed by atoms with Crippen molar-refractivity contribution in [1.29, 1.82) is 5.26 Å². The van der Waals surface area contributed by atoms with E-state index in [-0.39, 0.29) is 18.1 Å². The largest absolute Gasteiger partial charge is 0.489 e. The van der Waals surface area contributed by atoms with E-state index in [1.54, 1.807) is 61.8 Å². The Bertz CT molecular complexity index is 1110. The molecule has 0 bridgehead atoms. The van der Waals surface area contributed by atoms with Crippen LogP contribution >= 0.6 is 0 Å². The second-order valence-corrected chi connectivity index (χ2v) is 6.79. The molecular weight excluding hydrogens is 387 g/mol. The number of aliphatic carboxylic acids is 1. The topological polar surface area (TPSA) is 92.4 Å². The van der Waals surface area contributed by atoms with Crippen LogP contribution in [0.1, 0.15) is 29.2 Å². The third kappa shape index (κ3) is 4.23. The van der Waals surface area contributed by atoms with Gasteiger partial charge < -0.3 is 14.6 Å². The van der Waals surface area contributed by atoms with Crippen molar-refractivity contribution in [2.75, 3.05) is 0 Å². The Hall–Kier alpha value is -3.92. The zero-order valence-corrected chi connectivity index (χ0v) is 16.4. The number of nitriles is 1. The van der Waals surface area contributed by atoms with Crippen molar-refractivity contribution < 1.29 is 23.8 Å². The molecule has 0 spiro atoms. The number of hydrogen-bond donors (Lipinski definition) is 1. The molecule has 3 rings (SSSR count). The molecule has 7 heteroatoms. The van der Waals surface area contributed by atoms with Gasteiger partial charge in [-0.05, 0) is 37.1 Å². The fourth-order valence-corrected chi connectivity index (χ4v) is 3.02. The second kappa shape index (κ2) is 8.62. The first kappa shape index (κ1) is 20.8. The van der Waals surface area contributed by atoms with Gasteiger partial charge in [-0.3, -0.25) is 4.98 Å². The molecule has 30 heavy (non-hydrogen) atoms. The molecule has 1 atom stereocenters. The molecule has 0 saturated carbocycles. The molecule has 0 fully saturated rings. The summed E-state index contributed by atoms with van der Waals surface area (Å²) in [4.78, 5) is 16.0. The van der Waals surface area contributed by atoms with Crippen molar-refractivity contribution >= 4 is 5.97 Å². The van der Waals surface area contributed by atoms with Crippen LogP contribution < -0.4 is 9.47 Å². The van der Waals surface area contributed by atoms with Gasteiger partial charge in [-0.25, -0.2) is 9.18 Å². The molecule has 3 aromatic rings. The Morgan fingerprint density at radius 1 is 1.23 bits per heavy atom. The van der Waals surface area contributed by atoms with Crippen LogP contribution in [0, 0.1) is 24.1 Å². The summed E-state index contributed by atoms with van der Waals surface area (Å²) in [5.41, 5.74) is -0.344. The normalized spacial score (nSPS) is 12.5. The average Bonchev–Trinajstić information content (AvgIpc) is 2.73. The maximum absolute atomic E-state index is 14.6. The van der Waals surface area contributed by atoms with E-state index >= 15 is 0 Å². The SMILES string of the molecule is Cc1ccccc1C(C)(Oc1cc(OCc2ccncc2)cc(F)c1C#N)C(=O)O. The van der Waals surface area contributed by atoms with E-state index in [1.165, 1.54) is 13.0 Å². The first-order chi connectivity index (χ1) is 14.3. The first-order valence-corrected chi connectivity index (χ1v) is 9.09. The molecule has 1 heterocycles. The van der Waals surface area contributed by atoms with Crippen LogP contribution in [0.3, 0.4) is 0 Å². The van der Waals surface area contributed by atoms with Crippen LogP contribution in [0.5, 0.6) is 11.5 Å². The van der Waals surface area contributed by atoms with Gasteiger partial charge in [-0.15, -0.1) is 0 Å². The highest BCUT2D eigenvalue weighted by Crippen LogP contribution is 2.35. The summed E-state index contributed by atoms with van der Waals surface area (Å²) < 4.78 is 25.9. The Labute approximate surface area is 173 Å². The summed E-state index contributed by atoms with van der Waals surface area (Å²) in [7, 11) is 0. The number of aromatic nitrogens is 1. The predicted molar refractivity (Wildman–Crippen MR) is 106 cm³/mol. The van der Waals surface area contributed by atoms with Crippen molar-refractivity contribution in [3.63, 3.8) is 0 Å². The van der Waals surface area contributed by atoms with E-state index in [2.05, 4.69) is 4.98 Å². The number of nitrogens with zero attached hydrogens (tertiary/aromatic N) is 2. The quantitative estimate of drug-likeness (QED) is 0.627. The predicted octanol–water partition coefficient (Wildman–Crippen LogP) is 4.36. The maximum Gasteiger partial charge on any atom is 0.352 e. The van der Waals surface area contributed by atoms with E-state index in [4.69, 9.17) is 9.47 Å². The number of aryl methyl sites for hydroxylation is 1. The molecule has 6 nitrogen and oxygen atoms in total. The van der Waals surface area contributed by atoms with Crippen molar-refractivity contribution in [2.24, 2.45) is 0 Å². The number of benzene rings is 2. The Morgan fingerprint density at radius 3 is 2.57 bits per heavy atom. The van der Waals surface area contributed by atoms with E-state index in [9.17, 15) is 19.6 Å². The van der Waals surface area contributed by atoms with Gasteiger partial charge in [0.2, 0.25) is 5.60 Å². The Morgan fingerprint density at radius 2 is 1.93 bits per heavy atom. The van der Waals surface area contributed by atoms with Crippen LogP contribution in [0.25, 0.3) is 0 Å². The van der Waals surface area contributed by atoms with Crippen LogP contribution in [-0.2, 0) is 17.0 Å². The minimum Gasteiger partial charge on any atom is -0.489 e. The number of pyridine rings is 1. The number of ether oxygens (including phenoxy) is 2. The lowest BCUT2D eigenvalue weighted by Gasteiger charge is -2.29. The van der Waals surface area contributed by atoms with Crippen LogP contribution in [0.2, 0.25) is 0 Å². The lowest BCUT2D eigenvalue weighted by Crippen LogP contribution is -2.39. The number of carboxylic acids is 1. The van der Waals surface area contributed by atoms with Crippen molar-refractivity contribution in [1.82, 2.24) is 4.98 Å². The van der Waals surface area contributed by atoms with E-state index < -0.39 is 23.0 Å². The molecule has 0 aliphatic heterocycles. The van der Waals surface area contributed by atoms with Crippen molar-refractivity contribution in [2.45, 2.75) is 26.1 Å². The van der Waals surface area contributed by atoms with Gasteiger partial charge in [0.1, 0.15) is 35.6 Å². The molecule has 152 valence electrons. The highest BCUT2D eigenvalue weighted by Gasteiger charge is 2.40. The smallest absolute Gasteiger partial charge is 0.352 e. The molecular formula is C23H19FN2O4. The average molecular weight is 406 g/mol. The molecule has 0 saturated heterocycles. The van der Waals surface area contributed by atoms with Crippen molar-refractivity contribution in [3.8, 4) is 17.6 Å². The zero-order valence-electron chi connectivity index (χ0n) is 16.4. The summed E-state index contributed by atoms with van der Waals surface area (Å²) in [5, 5.41) is 19.3. The lowest BCUT2D eigenvalue weighted by atomic mass is 9.91. The third-order valence-corrected chi connectivity index (χ3v) is 4.68. The van der Waals surface area contributed by atoms with Gasteiger partial charge in [0.15, 0.2) is 0 Å². The highest BCUT2D eigenvalue weighted by molar-refractivity contribution is 5.80. The lowest BCUT2D eigenvalue weighted by molar-refractivity contribution is -0.154. The van der Waals surface area contributed by atoms with E-state index in [0.29, 0.717) is 11.1 Å².